The standard InChI is InChI=1S/C39H59N2O2S.BrH/c1-7-9-10-11-12-13-14-15-16-17-18-19-26-43-37-27-34(22-25-36(37)39(4,5)6)30-41(38(42)8-2)35-23-20-33(21-24-35)29-40-28-32(3)44-31-40;/h20-25,27-28,31H,7-19,26,29-30H2,1-6H3;1H/q+1;/p-1. The van der Waals surface area contributed by atoms with Crippen LogP contribution >= 0.6 is 11.3 Å². The minimum absolute atomic E-state index is 0. The van der Waals surface area contributed by atoms with Crippen LogP contribution in [-0.4, -0.2) is 12.5 Å². The van der Waals surface area contributed by atoms with Crippen LogP contribution in [0.3, 0.4) is 0 Å². The fraction of sp³-hybridized carbons (Fsp3) is 0.590. The average Bonchev–Trinajstić information content (AvgIpc) is 3.42. The molecule has 0 N–H and O–H groups in total. The van der Waals surface area contributed by atoms with Gasteiger partial charge >= 0.3 is 0 Å². The van der Waals surface area contributed by atoms with Gasteiger partial charge in [0.15, 0.2) is 12.7 Å². The van der Waals surface area contributed by atoms with Gasteiger partial charge in [-0.15, -0.1) is 0 Å². The number of benzene rings is 2. The lowest BCUT2D eigenvalue weighted by molar-refractivity contribution is -0.683. The Balaban J connectivity index is 0.00000705. The maximum absolute atomic E-state index is 13.1. The molecule has 1 amide bonds. The van der Waals surface area contributed by atoms with Crippen molar-refractivity contribution in [3.63, 3.8) is 0 Å². The molecule has 0 atom stereocenters. The van der Waals surface area contributed by atoms with Crippen molar-refractivity contribution in [3.05, 3.63) is 75.7 Å². The summed E-state index contributed by atoms with van der Waals surface area (Å²) < 4.78 is 8.65. The molecule has 0 saturated heterocycles. The van der Waals surface area contributed by atoms with Crippen molar-refractivity contribution in [3.8, 4) is 5.75 Å². The van der Waals surface area contributed by atoms with E-state index in [9.17, 15) is 4.79 Å². The van der Waals surface area contributed by atoms with Crippen LogP contribution < -0.4 is 31.2 Å². The zero-order valence-corrected chi connectivity index (χ0v) is 31.4. The highest BCUT2D eigenvalue weighted by atomic mass is 79.9. The maximum atomic E-state index is 13.1. The van der Waals surface area contributed by atoms with Crippen LogP contribution in [0.1, 0.15) is 140 Å². The predicted molar refractivity (Wildman–Crippen MR) is 188 cm³/mol. The van der Waals surface area contributed by atoms with E-state index in [4.69, 9.17) is 4.74 Å². The van der Waals surface area contributed by atoms with Gasteiger partial charge in [-0.3, -0.25) is 4.79 Å². The van der Waals surface area contributed by atoms with Gasteiger partial charge in [0, 0.05) is 17.7 Å². The number of ether oxygens (including phenoxy) is 1. The number of aromatic nitrogens is 1. The first kappa shape index (κ1) is 39.0. The van der Waals surface area contributed by atoms with Crippen LogP contribution in [-0.2, 0) is 23.3 Å². The smallest absolute Gasteiger partial charge is 0.227 e. The number of amides is 1. The van der Waals surface area contributed by atoms with Gasteiger partial charge in [0.25, 0.3) is 0 Å². The first-order valence-electron chi connectivity index (χ1n) is 17.3. The van der Waals surface area contributed by atoms with E-state index >= 15 is 0 Å². The largest absolute Gasteiger partial charge is 1.00 e. The summed E-state index contributed by atoms with van der Waals surface area (Å²) >= 11 is 1.76. The normalized spacial score (nSPS) is 11.3. The summed E-state index contributed by atoms with van der Waals surface area (Å²) in [6, 6.07) is 15.0. The summed E-state index contributed by atoms with van der Waals surface area (Å²) in [5, 5.41) is 0. The van der Waals surface area contributed by atoms with Crippen molar-refractivity contribution in [2.24, 2.45) is 0 Å². The highest BCUT2D eigenvalue weighted by Crippen LogP contribution is 2.33. The van der Waals surface area contributed by atoms with Crippen molar-refractivity contribution in [1.82, 2.24) is 0 Å². The Morgan fingerprint density at radius 1 is 0.822 bits per heavy atom. The molecule has 45 heavy (non-hydrogen) atoms. The molecule has 3 aromatic rings. The van der Waals surface area contributed by atoms with Gasteiger partial charge in [-0.25, -0.2) is 0 Å². The molecule has 0 saturated carbocycles. The molecule has 250 valence electrons. The number of rotatable bonds is 20. The molecule has 3 rings (SSSR count). The van der Waals surface area contributed by atoms with Crippen LogP contribution in [0.5, 0.6) is 5.75 Å². The maximum Gasteiger partial charge on any atom is 0.227 e. The number of halogens is 1. The molecule has 4 nitrogen and oxygen atoms in total. The second-order valence-electron chi connectivity index (χ2n) is 13.5. The lowest BCUT2D eigenvalue weighted by atomic mass is 9.85. The third kappa shape index (κ3) is 14.0. The lowest BCUT2D eigenvalue weighted by Crippen LogP contribution is -3.00. The Morgan fingerprint density at radius 2 is 1.40 bits per heavy atom. The summed E-state index contributed by atoms with van der Waals surface area (Å²) in [5.41, 5.74) is 6.61. The monoisotopic (exact) mass is 698 g/mol. The molecule has 0 spiro atoms. The molecule has 0 fully saturated rings. The number of carbonyl (C=O) groups excluding carboxylic acids is 1. The summed E-state index contributed by atoms with van der Waals surface area (Å²) in [5.74, 6) is 1.08. The van der Waals surface area contributed by atoms with E-state index in [1.54, 1.807) is 11.3 Å². The summed E-state index contributed by atoms with van der Waals surface area (Å²) in [6.07, 6.45) is 18.7. The molecule has 6 heteroatoms. The first-order valence-corrected chi connectivity index (χ1v) is 18.2. The summed E-state index contributed by atoms with van der Waals surface area (Å²) in [6.45, 7) is 15.2. The topological polar surface area (TPSA) is 33.4 Å². The SMILES string of the molecule is CCCCCCCCCCCCCCOc1cc(CN(C(=O)CC)c2ccc(C[n+]3csc(C)c3)cc2)ccc1C(C)(C)C.[Br-]. The fourth-order valence-electron chi connectivity index (χ4n) is 5.75. The van der Waals surface area contributed by atoms with Gasteiger partial charge in [0.05, 0.1) is 18.0 Å². The zero-order chi connectivity index (χ0) is 31.8. The molecule has 0 unspecified atom stereocenters. The molecule has 0 aliphatic heterocycles. The minimum Gasteiger partial charge on any atom is -1.00 e. The van der Waals surface area contributed by atoms with E-state index in [1.807, 2.05) is 11.8 Å². The van der Waals surface area contributed by atoms with Crippen molar-refractivity contribution in [1.29, 1.82) is 0 Å². The fourth-order valence-corrected chi connectivity index (χ4v) is 6.38. The first-order chi connectivity index (χ1) is 21.2. The van der Waals surface area contributed by atoms with Gasteiger partial charge in [-0.1, -0.05) is 141 Å². The predicted octanol–water partition coefficient (Wildman–Crippen LogP) is 7.72. The van der Waals surface area contributed by atoms with E-state index in [0.29, 0.717) is 13.0 Å². The number of anilines is 1. The molecule has 1 heterocycles. The van der Waals surface area contributed by atoms with Crippen molar-refractivity contribution < 1.29 is 31.1 Å². The van der Waals surface area contributed by atoms with Gasteiger partial charge in [-0.2, -0.15) is 4.57 Å². The van der Waals surface area contributed by atoms with Crippen LogP contribution in [0.15, 0.2) is 54.2 Å². The molecule has 0 aliphatic carbocycles. The lowest BCUT2D eigenvalue weighted by Gasteiger charge is -2.26. The molecule has 1 aromatic heterocycles. The number of hydrogen-bond donors (Lipinski definition) is 0. The molecule has 0 aliphatic rings. The number of carbonyl (C=O) groups is 1. The quantitative estimate of drug-likeness (QED) is 0.0895. The Hall–Kier alpha value is -2.18. The van der Waals surface area contributed by atoms with Gasteiger partial charge in [-0.05, 0) is 48.1 Å². The average molecular weight is 700 g/mol. The Bertz CT molecular complexity index is 1250. The number of hydrogen-bond acceptors (Lipinski definition) is 3. The Labute approximate surface area is 289 Å². The van der Waals surface area contributed by atoms with E-state index < -0.39 is 0 Å². The van der Waals surface area contributed by atoms with Gasteiger partial charge < -0.3 is 26.6 Å². The van der Waals surface area contributed by atoms with E-state index in [1.165, 1.54) is 86.6 Å². The van der Waals surface area contributed by atoms with Crippen molar-refractivity contribution in [2.45, 2.75) is 144 Å². The van der Waals surface area contributed by atoms with E-state index in [0.717, 1.165) is 36.6 Å². The molecular weight excluding hydrogens is 640 g/mol. The van der Waals surface area contributed by atoms with Gasteiger partial charge in [0.2, 0.25) is 11.4 Å². The van der Waals surface area contributed by atoms with Crippen molar-refractivity contribution in [2.75, 3.05) is 11.5 Å². The van der Waals surface area contributed by atoms with Crippen LogP contribution in [0.4, 0.5) is 5.69 Å². The molecular formula is C39H59BrN2O2S. The Kier molecular flexibility index (Phi) is 18.1. The molecule has 0 radical (unpaired) electrons. The van der Waals surface area contributed by atoms with E-state index in [-0.39, 0.29) is 28.3 Å². The van der Waals surface area contributed by atoms with E-state index in [2.05, 4.69) is 93.4 Å². The Morgan fingerprint density at radius 3 is 1.93 bits per heavy atom. The highest BCUT2D eigenvalue weighted by Gasteiger charge is 2.21. The van der Waals surface area contributed by atoms with Crippen molar-refractivity contribution >= 4 is 22.9 Å². The number of aryl methyl sites for hydroxylation is 1. The second kappa shape index (κ2) is 20.8. The minimum atomic E-state index is -0.0157. The third-order valence-corrected chi connectivity index (χ3v) is 9.24. The highest BCUT2D eigenvalue weighted by molar-refractivity contribution is 7.09. The third-order valence-electron chi connectivity index (χ3n) is 8.39. The van der Waals surface area contributed by atoms with Crippen LogP contribution in [0.2, 0.25) is 0 Å². The summed E-state index contributed by atoms with van der Waals surface area (Å²) in [4.78, 5) is 16.3. The molecule has 0 bridgehead atoms. The summed E-state index contributed by atoms with van der Waals surface area (Å²) in [7, 11) is 0. The number of thiazole rings is 1. The molecule has 2 aromatic carbocycles. The number of unbranched alkanes of at least 4 members (excludes halogenated alkanes) is 11. The van der Waals surface area contributed by atoms with Gasteiger partial charge in [0.1, 0.15) is 5.75 Å². The second-order valence-corrected chi connectivity index (χ2v) is 14.5. The zero-order valence-electron chi connectivity index (χ0n) is 29.0. The van der Waals surface area contributed by atoms with Crippen LogP contribution in [0, 0.1) is 6.92 Å². The number of nitrogens with zero attached hydrogens (tertiary/aromatic N) is 2. The van der Waals surface area contributed by atoms with Crippen LogP contribution in [0.25, 0.3) is 0 Å².